The molecule has 1 aromatic carbocycles. The second kappa shape index (κ2) is 6.03. The van der Waals surface area contributed by atoms with Crippen molar-refractivity contribution in [1.29, 1.82) is 0 Å². The van der Waals surface area contributed by atoms with E-state index in [4.69, 9.17) is 10.8 Å². The summed E-state index contributed by atoms with van der Waals surface area (Å²) in [6, 6.07) is 7.41. The smallest absolute Gasteiger partial charge is 0.220 e. The van der Waals surface area contributed by atoms with Crippen LogP contribution >= 0.6 is 0 Å². The molecule has 0 heterocycles. The molecule has 0 fully saturated rings. The molecule has 4 nitrogen and oxygen atoms in total. The van der Waals surface area contributed by atoms with Gasteiger partial charge < -0.3 is 16.2 Å². The molecule has 4 N–H and O–H groups in total. The van der Waals surface area contributed by atoms with Crippen LogP contribution in [0.25, 0.3) is 0 Å². The van der Waals surface area contributed by atoms with Gasteiger partial charge in [-0.1, -0.05) is 18.2 Å². The molecule has 82 valence electrons. The Balaban J connectivity index is 2.37. The molecule has 0 unspecified atom stereocenters. The zero-order chi connectivity index (χ0) is 11.1. The van der Waals surface area contributed by atoms with E-state index >= 15 is 0 Å². The van der Waals surface area contributed by atoms with Crippen molar-refractivity contribution in [2.75, 3.05) is 12.3 Å². The van der Waals surface area contributed by atoms with Crippen LogP contribution in [0.3, 0.4) is 0 Å². The summed E-state index contributed by atoms with van der Waals surface area (Å²) >= 11 is 0. The number of hydrogen-bond donors (Lipinski definition) is 3. The van der Waals surface area contributed by atoms with E-state index in [-0.39, 0.29) is 12.5 Å². The van der Waals surface area contributed by atoms with Crippen molar-refractivity contribution in [3.63, 3.8) is 0 Å². The zero-order valence-electron chi connectivity index (χ0n) is 8.57. The van der Waals surface area contributed by atoms with E-state index in [0.29, 0.717) is 25.1 Å². The molecule has 1 rings (SSSR count). The zero-order valence-corrected chi connectivity index (χ0v) is 8.57. The Labute approximate surface area is 89.1 Å². The number of nitrogens with one attached hydrogen (secondary N) is 1. The van der Waals surface area contributed by atoms with E-state index < -0.39 is 0 Å². The fraction of sp³-hybridized carbons (Fsp3) is 0.364. The van der Waals surface area contributed by atoms with Crippen LogP contribution in [0.1, 0.15) is 18.4 Å². The molecule has 0 saturated carbocycles. The normalized spacial score (nSPS) is 9.93. The van der Waals surface area contributed by atoms with E-state index in [1.54, 1.807) is 6.07 Å². The second-order valence-corrected chi connectivity index (χ2v) is 3.30. The van der Waals surface area contributed by atoms with Crippen molar-refractivity contribution in [2.24, 2.45) is 0 Å². The molecule has 0 aromatic heterocycles. The highest BCUT2D eigenvalue weighted by Gasteiger charge is 2.02. The summed E-state index contributed by atoms with van der Waals surface area (Å²) in [7, 11) is 0. The number of nitrogens with two attached hydrogens (primary N) is 1. The maximum atomic E-state index is 11.2. The Bertz CT molecular complexity index is 326. The molecule has 1 aromatic rings. The first-order chi connectivity index (χ1) is 7.24. The van der Waals surface area contributed by atoms with Gasteiger partial charge >= 0.3 is 0 Å². The average Bonchev–Trinajstić information content (AvgIpc) is 2.25. The van der Waals surface area contributed by atoms with Crippen LogP contribution in [0.2, 0.25) is 0 Å². The van der Waals surface area contributed by atoms with E-state index in [2.05, 4.69) is 5.32 Å². The van der Waals surface area contributed by atoms with Crippen molar-refractivity contribution in [1.82, 2.24) is 5.32 Å². The molecule has 0 atom stereocenters. The van der Waals surface area contributed by atoms with E-state index in [1.165, 1.54) is 0 Å². The van der Waals surface area contributed by atoms with E-state index in [9.17, 15) is 4.79 Å². The van der Waals surface area contributed by atoms with Gasteiger partial charge in [-0.3, -0.25) is 4.79 Å². The Kier molecular flexibility index (Phi) is 4.63. The van der Waals surface area contributed by atoms with Crippen LogP contribution in [0.5, 0.6) is 0 Å². The standard InChI is InChI=1S/C11H16N2O2/c12-10-5-2-1-4-9(10)8-13-11(15)6-3-7-14/h1-2,4-5,14H,3,6-8,12H2,(H,13,15). The molecule has 15 heavy (non-hydrogen) atoms. The Morgan fingerprint density at radius 1 is 1.40 bits per heavy atom. The number of hydrogen-bond acceptors (Lipinski definition) is 3. The van der Waals surface area contributed by atoms with Gasteiger partial charge in [0.15, 0.2) is 0 Å². The van der Waals surface area contributed by atoms with E-state index in [0.717, 1.165) is 5.56 Å². The van der Waals surface area contributed by atoms with Gasteiger partial charge in [0.05, 0.1) is 0 Å². The quantitative estimate of drug-likeness (QED) is 0.622. The van der Waals surface area contributed by atoms with Gasteiger partial charge in [-0.2, -0.15) is 0 Å². The van der Waals surface area contributed by atoms with Crippen molar-refractivity contribution in [2.45, 2.75) is 19.4 Å². The van der Waals surface area contributed by atoms with Gasteiger partial charge in [0, 0.05) is 25.3 Å². The van der Waals surface area contributed by atoms with Gasteiger partial charge in [-0.25, -0.2) is 0 Å². The van der Waals surface area contributed by atoms with Crippen molar-refractivity contribution >= 4 is 11.6 Å². The first kappa shape index (κ1) is 11.5. The lowest BCUT2D eigenvalue weighted by molar-refractivity contribution is -0.121. The number of anilines is 1. The van der Waals surface area contributed by atoms with Crippen LogP contribution in [-0.4, -0.2) is 17.6 Å². The molecule has 0 spiro atoms. The summed E-state index contributed by atoms with van der Waals surface area (Å²) in [5.41, 5.74) is 7.31. The topological polar surface area (TPSA) is 75.3 Å². The van der Waals surface area contributed by atoms with Gasteiger partial charge in [0.1, 0.15) is 0 Å². The fourth-order valence-electron chi connectivity index (χ4n) is 1.22. The molecule has 0 bridgehead atoms. The maximum Gasteiger partial charge on any atom is 0.220 e. The predicted molar refractivity (Wildman–Crippen MR) is 59.0 cm³/mol. The number of amides is 1. The lowest BCUT2D eigenvalue weighted by Crippen LogP contribution is -2.23. The number of benzene rings is 1. The average molecular weight is 208 g/mol. The highest BCUT2D eigenvalue weighted by Crippen LogP contribution is 2.09. The minimum absolute atomic E-state index is 0.0426. The first-order valence-corrected chi connectivity index (χ1v) is 4.95. The summed E-state index contributed by atoms with van der Waals surface area (Å²) in [5.74, 6) is -0.0627. The first-order valence-electron chi connectivity index (χ1n) is 4.95. The van der Waals surface area contributed by atoms with Crippen molar-refractivity contribution in [3.05, 3.63) is 29.8 Å². The molecular weight excluding hydrogens is 192 g/mol. The highest BCUT2D eigenvalue weighted by atomic mass is 16.3. The second-order valence-electron chi connectivity index (χ2n) is 3.30. The van der Waals surface area contributed by atoms with Crippen LogP contribution < -0.4 is 11.1 Å². The summed E-state index contributed by atoms with van der Waals surface area (Å²) in [4.78, 5) is 11.2. The third-order valence-electron chi connectivity index (χ3n) is 2.09. The third-order valence-corrected chi connectivity index (χ3v) is 2.09. The molecule has 4 heteroatoms. The molecule has 1 amide bonds. The summed E-state index contributed by atoms with van der Waals surface area (Å²) < 4.78 is 0. The molecule has 0 radical (unpaired) electrons. The lowest BCUT2D eigenvalue weighted by atomic mass is 10.2. The molecular formula is C11H16N2O2. The fourth-order valence-corrected chi connectivity index (χ4v) is 1.22. The Hall–Kier alpha value is -1.55. The number of aliphatic hydroxyl groups is 1. The van der Waals surface area contributed by atoms with Gasteiger partial charge in [0.25, 0.3) is 0 Å². The van der Waals surface area contributed by atoms with Crippen LogP contribution in [0.4, 0.5) is 5.69 Å². The lowest BCUT2D eigenvalue weighted by Gasteiger charge is -2.06. The third kappa shape index (κ3) is 3.99. The maximum absolute atomic E-state index is 11.2. The number of para-hydroxylation sites is 1. The van der Waals surface area contributed by atoms with Gasteiger partial charge in [-0.05, 0) is 18.1 Å². The minimum atomic E-state index is -0.0627. The predicted octanol–water partition coefficient (Wildman–Crippen LogP) is 0.657. The number of carbonyl (C=O) groups excluding carboxylic acids is 1. The summed E-state index contributed by atoms with van der Waals surface area (Å²) in [6.45, 7) is 0.484. The highest BCUT2D eigenvalue weighted by molar-refractivity contribution is 5.76. The molecule has 0 saturated heterocycles. The number of rotatable bonds is 5. The van der Waals surface area contributed by atoms with Gasteiger partial charge in [-0.15, -0.1) is 0 Å². The summed E-state index contributed by atoms with van der Waals surface area (Å²) in [6.07, 6.45) is 0.847. The minimum Gasteiger partial charge on any atom is -0.398 e. The Morgan fingerprint density at radius 2 is 2.13 bits per heavy atom. The van der Waals surface area contributed by atoms with Crippen molar-refractivity contribution < 1.29 is 9.90 Å². The van der Waals surface area contributed by atoms with E-state index in [1.807, 2.05) is 18.2 Å². The SMILES string of the molecule is Nc1ccccc1CNC(=O)CCCO. The van der Waals surface area contributed by atoms with Gasteiger partial charge in [0.2, 0.25) is 5.91 Å². The number of nitrogen functional groups attached to an aromatic ring is 1. The van der Waals surface area contributed by atoms with Crippen molar-refractivity contribution in [3.8, 4) is 0 Å². The monoisotopic (exact) mass is 208 g/mol. The molecule has 0 aliphatic heterocycles. The largest absolute Gasteiger partial charge is 0.398 e. The number of aliphatic hydroxyl groups excluding tert-OH is 1. The Morgan fingerprint density at radius 3 is 2.80 bits per heavy atom. The van der Waals surface area contributed by atoms with Crippen LogP contribution in [0, 0.1) is 0 Å². The number of carbonyl (C=O) groups is 1. The molecule has 0 aliphatic carbocycles. The van der Waals surface area contributed by atoms with Crippen LogP contribution in [0.15, 0.2) is 24.3 Å². The van der Waals surface area contributed by atoms with Crippen LogP contribution in [-0.2, 0) is 11.3 Å². The molecule has 0 aliphatic rings. The summed E-state index contributed by atoms with van der Waals surface area (Å²) in [5, 5.41) is 11.3.